The maximum absolute atomic E-state index is 12.6. The highest BCUT2D eigenvalue weighted by Gasteiger charge is 2.00. The van der Waals surface area contributed by atoms with Gasteiger partial charge in [-0.1, -0.05) is 12.1 Å². The van der Waals surface area contributed by atoms with Gasteiger partial charge in [0.2, 0.25) is 0 Å². The van der Waals surface area contributed by atoms with E-state index in [2.05, 4.69) is 4.98 Å². The Kier molecular flexibility index (Phi) is 2.14. The number of halogens is 1. The fourth-order valence-electron chi connectivity index (χ4n) is 1.29. The van der Waals surface area contributed by atoms with Crippen molar-refractivity contribution in [3.8, 4) is 11.1 Å². The average molecular weight is 189 g/mol. The summed E-state index contributed by atoms with van der Waals surface area (Å²) in [4.78, 5) is 13.2. The lowest BCUT2D eigenvalue weighted by molar-refractivity contribution is 0.111. The molecule has 1 aromatic heterocycles. The summed E-state index contributed by atoms with van der Waals surface area (Å²) in [6, 6.07) is 7.85. The van der Waals surface area contributed by atoms with Gasteiger partial charge in [-0.25, -0.2) is 4.39 Å². The molecule has 0 amide bonds. The first-order valence-corrected chi connectivity index (χ1v) is 4.19. The largest absolute Gasteiger partial charge is 0.358 e. The Bertz CT molecular complexity index is 445. The number of aromatic nitrogens is 1. The lowest BCUT2D eigenvalue weighted by atomic mass is 10.1. The number of hydrogen-bond acceptors (Lipinski definition) is 1. The van der Waals surface area contributed by atoms with Gasteiger partial charge in [-0.2, -0.15) is 0 Å². The monoisotopic (exact) mass is 189 g/mol. The predicted molar refractivity (Wildman–Crippen MR) is 51.6 cm³/mol. The first kappa shape index (κ1) is 8.69. The van der Waals surface area contributed by atoms with E-state index in [9.17, 15) is 9.18 Å². The zero-order chi connectivity index (χ0) is 9.97. The summed E-state index contributed by atoms with van der Waals surface area (Å²) in [6.45, 7) is 0. The molecule has 2 aromatic rings. The van der Waals surface area contributed by atoms with Crippen LogP contribution in [0.1, 0.15) is 10.5 Å². The number of hydrogen-bond donors (Lipinski definition) is 1. The Hall–Kier alpha value is -1.90. The van der Waals surface area contributed by atoms with E-state index in [-0.39, 0.29) is 5.82 Å². The SMILES string of the molecule is O=Cc1cc(-c2ccc(F)cc2)c[nH]1. The summed E-state index contributed by atoms with van der Waals surface area (Å²) < 4.78 is 12.6. The van der Waals surface area contributed by atoms with Gasteiger partial charge in [-0.3, -0.25) is 4.79 Å². The van der Waals surface area contributed by atoms with Gasteiger partial charge in [-0.15, -0.1) is 0 Å². The van der Waals surface area contributed by atoms with Crippen molar-refractivity contribution in [1.82, 2.24) is 4.98 Å². The van der Waals surface area contributed by atoms with Gasteiger partial charge in [-0.05, 0) is 29.3 Å². The van der Waals surface area contributed by atoms with Crippen LogP contribution in [0.5, 0.6) is 0 Å². The minimum absolute atomic E-state index is 0.264. The van der Waals surface area contributed by atoms with E-state index in [4.69, 9.17) is 0 Å². The van der Waals surface area contributed by atoms with Crippen molar-refractivity contribution in [3.05, 3.63) is 48.0 Å². The molecule has 1 aromatic carbocycles. The first-order chi connectivity index (χ1) is 6.79. The highest BCUT2D eigenvalue weighted by Crippen LogP contribution is 2.19. The Morgan fingerprint density at radius 1 is 1.14 bits per heavy atom. The van der Waals surface area contributed by atoms with E-state index in [0.29, 0.717) is 5.69 Å². The molecule has 70 valence electrons. The van der Waals surface area contributed by atoms with Gasteiger partial charge in [0, 0.05) is 6.20 Å². The van der Waals surface area contributed by atoms with E-state index in [0.717, 1.165) is 17.4 Å². The molecule has 0 atom stereocenters. The number of rotatable bonds is 2. The Morgan fingerprint density at radius 2 is 1.86 bits per heavy atom. The van der Waals surface area contributed by atoms with Crippen LogP contribution in [0.4, 0.5) is 4.39 Å². The number of H-pyrrole nitrogens is 1. The predicted octanol–water partition coefficient (Wildman–Crippen LogP) is 2.63. The average Bonchev–Trinajstić information content (AvgIpc) is 2.67. The molecule has 0 bridgehead atoms. The number of aldehydes is 1. The van der Waals surface area contributed by atoms with Crippen molar-refractivity contribution in [1.29, 1.82) is 0 Å². The molecule has 0 unspecified atom stereocenters. The molecule has 2 nitrogen and oxygen atoms in total. The van der Waals surface area contributed by atoms with Gasteiger partial charge in [0.05, 0.1) is 5.69 Å². The van der Waals surface area contributed by atoms with Crippen LogP contribution in [0.3, 0.4) is 0 Å². The van der Waals surface area contributed by atoms with Crippen molar-refractivity contribution in [2.45, 2.75) is 0 Å². The minimum atomic E-state index is -0.264. The van der Waals surface area contributed by atoms with Crippen molar-refractivity contribution in [2.75, 3.05) is 0 Å². The lowest BCUT2D eigenvalue weighted by Gasteiger charge is -1.95. The van der Waals surface area contributed by atoms with E-state index in [1.807, 2.05) is 0 Å². The van der Waals surface area contributed by atoms with Gasteiger partial charge in [0.1, 0.15) is 5.82 Å². The van der Waals surface area contributed by atoms with E-state index >= 15 is 0 Å². The molecule has 0 aliphatic rings. The Balaban J connectivity index is 2.39. The number of carbonyl (C=O) groups is 1. The van der Waals surface area contributed by atoms with Crippen molar-refractivity contribution in [3.63, 3.8) is 0 Å². The number of nitrogens with one attached hydrogen (secondary N) is 1. The number of carbonyl (C=O) groups excluding carboxylic acids is 1. The van der Waals surface area contributed by atoms with Gasteiger partial charge in [0.25, 0.3) is 0 Å². The minimum Gasteiger partial charge on any atom is -0.358 e. The quantitative estimate of drug-likeness (QED) is 0.724. The summed E-state index contributed by atoms with van der Waals surface area (Å²) in [5, 5.41) is 0. The molecule has 0 aliphatic heterocycles. The zero-order valence-electron chi connectivity index (χ0n) is 7.33. The maximum Gasteiger partial charge on any atom is 0.166 e. The molecule has 0 saturated heterocycles. The Morgan fingerprint density at radius 3 is 2.43 bits per heavy atom. The van der Waals surface area contributed by atoms with Crippen LogP contribution in [0.2, 0.25) is 0 Å². The fourth-order valence-corrected chi connectivity index (χ4v) is 1.29. The zero-order valence-corrected chi connectivity index (χ0v) is 7.33. The lowest BCUT2D eigenvalue weighted by Crippen LogP contribution is -1.75. The van der Waals surface area contributed by atoms with Crippen molar-refractivity contribution < 1.29 is 9.18 Å². The first-order valence-electron chi connectivity index (χ1n) is 4.19. The van der Waals surface area contributed by atoms with E-state index in [1.165, 1.54) is 12.1 Å². The molecule has 14 heavy (non-hydrogen) atoms. The van der Waals surface area contributed by atoms with Crippen LogP contribution in [0.25, 0.3) is 11.1 Å². The highest BCUT2D eigenvalue weighted by molar-refractivity contribution is 5.77. The van der Waals surface area contributed by atoms with Gasteiger partial charge < -0.3 is 4.98 Å². The number of aromatic amines is 1. The Labute approximate surface area is 80.4 Å². The molecule has 0 spiro atoms. The van der Waals surface area contributed by atoms with Crippen molar-refractivity contribution in [2.24, 2.45) is 0 Å². The third-order valence-electron chi connectivity index (χ3n) is 2.01. The van der Waals surface area contributed by atoms with E-state index in [1.54, 1.807) is 24.4 Å². The molecule has 0 aliphatic carbocycles. The summed E-state index contributed by atoms with van der Waals surface area (Å²) in [5.74, 6) is -0.264. The smallest absolute Gasteiger partial charge is 0.166 e. The fraction of sp³-hybridized carbons (Fsp3) is 0. The normalized spacial score (nSPS) is 10.1. The molecule has 1 heterocycles. The second-order valence-corrected chi connectivity index (χ2v) is 2.97. The second-order valence-electron chi connectivity index (χ2n) is 2.97. The van der Waals surface area contributed by atoms with E-state index < -0.39 is 0 Å². The summed E-state index contributed by atoms with van der Waals surface area (Å²) >= 11 is 0. The molecule has 0 radical (unpaired) electrons. The molecular weight excluding hydrogens is 181 g/mol. The summed E-state index contributed by atoms with van der Waals surface area (Å²) in [7, 11) is 0. The molecule has 0 fully saturated rings. The molecule has 3 heteroatoms. The van der Waals surface area contributed by atoms with Crippen LogP contribution >= 0.6 is 0 Å². The summed E-state index contributed by atoms with van der Waals surface area (Å²) in [5.41, 5.74) is 2.28. The van der Waals surface area contributed by atoms with Crippen LogP contribution in [-0.2, 0) is 0 Å². The van der Waals surface area contributed by atoms with Crippen LogP contribution in [-0.4, -0.2) is 11.3 Å². The molecule has 2 rings (SSSR count). The summed E-state index contributed by atoms with van der Waals surface area (Å²) in [6.07, 6.45) is 2.46. The molecular formula is C11H8FNO. The topological polar surface area (TPSA) is 32.9 Å². The van der Waals surface area contributed by atoms with Crippen LogP contribution in [0.15, 0.2) is 36.5 Å². The van der Waals surface area contributed by atoms with Crippen LogP contribution in [0, 0.1) is 5.82 Å². The highest BCUT2D eigenvalue weighted by atomic mass is 19.1. The maximum atomic E-state index is 12.6. The third-order valence-corrected chi connectivity index (χ3v) is 2.01. The second kappa shape index (κ2) is 3.46. The van der Waals surface area contributed by atoms with Gasteiger partial charge in [0.15, 0.2) is 6.29 Å². The standard InChI is InChI=1S/C11H8FNO/c12-10-3-1-8(2-4-10)9-5-11(7-14)13-6-9/h1-7,13H. The molecule has 0 saturated carbocycles. The van der Waals surface area contributed by atoms with Crippen molar-refractivity contribution >= 4 is 6.29 Å². The van der Waals surface area contributed by atoms with Gasteiger partial charge >= 0.3 is 0 Å². The number of benzene rings is 1. The third kappa shape index (κ3) is 1.57. The van der Waals surface area contributed by atoms with Crippen LogP contribution < -0.4 is 0 Å². The molecule has 1 N–H and O–H groups in total.